The number of nitrogens with zero attached hydrogens (tertiary/aromatic N) is 1. The first-order chi connectivity index (χ1) is 13.6. The second kappa shape index (κ2) is 20.6. The molecule has 0 heterocycles. The van der Waals surface area contributed by atoms with Crippen molar-refractivity contribution >= 4 is 6.47 Å². The molecule has 0 aromatic rings. The zero-order valence-electron chi connectivity index (χ0n) is 19.3. The molecule has 164 valence electrons. The van der Waals surface area contributed by atoms with Gasteiger partial charge in [-0.25, -0.2) is 0 Å². The predicted octanol–water partition coefficient (Wildman–Crippen LogP) is 6.93. The summed E-state index contributed by atoms with van der Waals surface area (Å²) in [7, 11) is 3.97. The number of carbonyl (C=O) groups is 1. The van der Waals surface area contributed by atoms with Crippen molar-refractivity contribution in [3.8, 4) is 0 Å². The van der Waals surface area contributed by atoms with Gasteiger partial charge in [-0.1, -0.05) is 62.8 Å². The molecule has 0 radical (unpaired) electrons. The van der Waals surface area contributed by atoms with Crippen molar-refractivity contribution in [2.24, 2.45) is 5.92 Å². The third-order valence-electron chi connectivity index (χ3n) is 5.24. The lowest BCUT2D eigenvalue weighted by molar-refractivity contribution is -0.128. The highest BCUT2D eigenvalue weighted by atomic mass is 16.5. The molecule has 0 bridgehead atoms. The molecule has 0 N–H and O–H groups in total. The Balaban J connectivity index is 0.000000684. The fourth-order valence-corrected chi connectivity index (χ4v) is 3.46. The molecule has 0 aromatic carbocycles. The largest absolute Gasteiger partial charge is 0.468 e. The van der Waals surface area contributed by atoms with Gasteiger partial charge in [-0.2, -0.15) is 0 Å². The van der Waals surface area contributed by atoms with Crippen LogP contribution in [0.15, 0.2) is 23.8 Å². The molecule has 3 nitrogen and oxygen atoms in total. The Bertz CT molecular complexity index is 401. The lowest BCUT2D eigenvalue weighted by Crippen LogP contribution is -2.14. The fraction of sp³-hybridized carbons (Fsp3) is 0.800. The number of hydrogen-bond acceptors (Lipinski definition) is 3. The van der Waals surface area contributed by atoms with E-state index in [-0.39, 0.29) is 0 Å². The highest BCUT2D eigenvalue weighted by Gasteiger charge is 2.07. The number of ether oxygens (including phenoxy) is 1. The lowest BCUT2D eigenvalue weighted by Gasteiger charge is -2.06. The third kappa shape index (κ3) is 19.7. The van der Waals surface area contributed by atoms with Crippen molar-refractivity contribution in [1.29, 1.82) is 0 Å². The molecule has 0 aromatic heterocycles. The van der Waals surface area contributed by atoms with Crippen LogP contribution < -0.4 is 0 Å². The van der Waals surface area contributed by atoms with Gasteiger partial charge in [0.25, 0.3) is 6.47 Å². The number of hydrogen-bond donors (Lipinski definition) is 0. The maximum Gasteiger partial charge on any atom is 0.293 e. The zero-order chi connectivity index (χ0) is 20.9. The molecule has 1 aliphatic carbocycles. The molecule has 0 saturated heterocycles. The minimum absolute atomic E-state index is 0.482. The SMILES string of the molecule is CCCCC/C(C)=C/CCCCCCC1C=CCC1.CN(C)CCCOC=O. The number of unbranched alkanes of at least 4 members (excludes halogenated alkanes) is 6. The van der Waals surface area contributed by atoms with Gasteiger partial charge >= 0.3 is 0 Å². The number of carbonyl (C=O) groups excluding carboxylic acids is 1. The standard InChI is InChI=1S/C19H34.C6H13NO2/c1-3-4-8-13-18(2)14-9-6-5-7-10-15-19-16-11-12-17-19;1-7(2)4-3-5-9-6-8/h11,14,16,19H,3-10,12-13,15,17H2,1-2H3;6H,3-5H2,1-2H3/b18-14+;. The smallest absolute Gasteiger partial charge is 0.293 e. The third-order valence-corrected chi connectivity index (χ3v) is 5.24. The summed E-state index contributed by atoms with van der Waals surface area (Å²) in [4.78, 5) is 11.7. The highest BCUT2D eigenvalue weighted by Crippen LogP contribution is 2.23. The number of allylic oxidation sites excluding steroid dienone is 4. The van der Waals surface area contributed by atoms with Crippen LogP contribution in [-0.2, 0) is 9.53 Å². The van der Waals surface area contributed by atoms with Crippen LogP contribution in [0.3, 0.4) is 0 Å². The van der Waals surface area contributed by atoms with E-state index in [0.29, 0.717) is 13.1 Å². The molecule has 1 atom stereocenters. The van der Waals surface area contributed by atoms with Crippen molar-refractivity contribution in [3.63, 3.8) is 0 Å². The molecule has 0 aliphatic heterocycles. The first-order valence-corrected chi connectivity index (χ1v) is 11.6. The molecular weight excluding hydrogens is 346 g/mol. The van der Waals surface area contributed by atoms with E-state index in [2.05, 4.69) is 36.8 Å². The van der Waals surface area contributed by atoms with Gasteiger partial charge in [0.05, 0.1) is 6.61 Å². The van der Waals surface area contributed by atoms with E-state index < -0.39 is 0 Å². The Morgan fingerprint density at radius 2 is 1.89 bits per heavy atom. The second-order valence-electron chi connectivity index (χ2n) is 8.39. The minimum Gasteiger partial charge on any atom is -0.468 e. The van der Waals surface area contributed by atoms with Gasteiger partial charge in [0.15, 0.2) is 0 Å². The monoisotopic (exact) mass is 393 g/mol. The predicted molar refractivity (Wildman–Crippen MR) is 123 cm³/mol. The maximum absolute atomic E-state index is 9.61. The van der Waals surface area contributed by atoms with Gasteiger partial charge < -0.3 is 9.64 Å². The van der Waals surface area contributed by atoms with Crippen LogP contribution in [0.2, 0.25) is 0 Å². The summed E-state index contributed by atoms with van der Waals surface area (Å²) < 4.78 is 4.48. The van der Waals surface area contributed by atoms with Gasteiger partial charge in [0.1, 0.15) is 0 Å². The Morgan fingerprint density at radius 1 is 1.11 bits per heavy atom. The van der Waals surface area contributed by atoms with E-state index in [0.717, 1.165) is 18.9 Å². The Hall–Kier alpha value is -1.09. The molecule has 1 aliphatic rings. The topological polar surface area (TPSA) is 29.5 Å². The van der Waals surface area contributed by atoms with Gasteiger partial charge in [0.2, 0.25) is 0 Å². The van der Waals surface area contributed by atoms with E-state index in [1.54, 1.807) is 5.57 Å². The van der Waals surface area contributed by atoms with Crippen LogP contribution in [0.4, 0.5) is 0 Å². The Morgan fingerprint density at radius 3 is 2.54 bits per heavy atom. The van der Waals surface area contributed by atoms with Crippen molar-refractivity contribution in [3.05, 3.63) is 23.8 Å². The van der Waals surface area contributed by atoms with Gasteiger partial charge in [-0.05, 0) is 78.3 Å². The van der Waals surface area contributed by atoms with Crippen molar-refractivity contribution in [1.82, 2.24) is 4.90 Å². The van der Waals surface area contributed by atoms with Crippen molar-refractivity contribution in [2.45, 2.75) is 97.3 Å². The molecule has 1 rings (SSSR count). The maximum atomic E-state index is 9.61. The average molecular weight is 394 g/mol. The van der Waals surface area contributed by atoms with Crippen LogP contribution in [0.1, 0.15) is 97.3 Å². The van der Waals surface area contributed by atoms with Crippen LogP contribution in [-0.4, -0.2) is 38.6 Å². The molecule has 0 fully saturated rings. The van der Waals surface area contributed by atoms with Crippen LogP contribution >= 0.6 is 0 Å². The normalized spacial score (nSPS) is 16.2. The minimum atomic E-state index is 0.482. The summed E-state index contributed by atoms with van der Waals surface area (Å²) in [6.07, 6.45) is 24.8. The molecule has 1 unspecified atom stereocenters. The van der Waals surface area contributed by atoms with Crippen LogP contribution in [0.5, 0.6) is 0 Å². The Kier molecular flexibility index (Phi) is 19.8. The molecular formula is C25H47NO2. The van der Waals surface area contributed by atoms with Gasteiger partial charge in [-0.15, -0.1) is 0 Å². The molecule has 0 amide bonds. The summed E-state index contributed by atoms with van der Waals surface area (Å²) in [6.45, 7) is 6.56. The van der Waals surface area contributed by atoms with E-state index in [4.69, 9.17) is 0 Å². The zero-order valence-corrected chi connectivity index (χ0v) is 19.3. The first-order valence-electron chi connectivity index (χ1n) is 11.6. The molecule has 3 heteroatoms. The highest BCUT2D eigenvalue weighted by molar-refractivity contribution is 5.36. The first kappa shape index (κ1) is 26.9. The Labute approximate surface area is 175 Å². The quantitative estimate of drug-likeness (QED) is 0.162. The van der Waals surface area contributed by atoms with E-state index in [1.807, 2.05) is 19.0 Å². The number of rotatable bonds is 16. The summed E-state index contributed by atoms with van der Waals surface area (Å²) in [5.41, 5.74) is 1.62. The molecule has 28 heavy (non-hydrogen) atoms. The second-order valence-corrected chi connectivity index (χ2v) is 8.39. The summed E-state index contributed by atoms with van der Waals surface area (Å²) in [5.74, 6) is 0.917. The van der Waals surface area contributed by atoms with Crippen LogP contribution in [0.25, 0.3) is 0 Å². The lowest BCUT2D eigenvalue weighted by atomic mass is 10.00. The fourth-order valence-electron chi connectivity index (χ4n) is 3.46. The van der Waals surface area contributed by atoms with Gasteiger partial charge in [-0.3, -0.25) is 4.79 Å². The summed E-state index contributed by atoms with van der Waals surface area (Å²) in [5, 5.41) is 0. The summed E-state index contributed by atoms with van der Waals surface area (Å²) in [6, 6.07) is 0. The van der Waals surface area contributed by atoms with E-state index in [1.165, 1.54) is 77.0 Å². The van der Waals surface area contributed by atoms with E-state index in [9.17, 15) is 4.79 Å². The molecule has 0 saturated carbocycles. The van der Waals surface area contributed by atoms with E-state index >= 15 is 0 Å². The van der Waals surface area contributed by atoms with Gasteiger partial charge in [0, 0.05) is 6.54 Å². The summed E-state index contributed by atoms with van der Waals surface area (Å²) >= 11 is 0. The van der Waals surface area contributed by atoms with Crippen molar-refractivity contribution in [2.75, 3.05) is 27.2 Å². The average Bonchev–Trinajstić information content (AvgIpc) is 3.18. The van der Waals surface area contributed by atoms with Crippen molar-refractivity contribution < 1.29 is 9.53 Å². The molecule has 0 spiro atoms. The van der Waals surface area contributed by atoms with Crippen LogP contribution in [0, 0.1) is 5.92 Å².